The lowest BCUT2D eigenvalue weighted by Gasteiger charge is -2.34. The summed E-state index contributed by atoms with van der Waals surface area (Å²) in [4.78, 5) is 17.3. The number of hydrogen-bond donors (Lipinski definition) is 0. The Bertz CT molecular complexity index is 1350. The molecule has 0 amide bonds. The molecule has 210 valence electrons. The van der Waals surface area contributed by atoms with E-state index in [4.69, 9.17) is 18.0 Å². The highest BCUT2D eigenvalue weighted by molar-refractivity contribution is 6.30. The van der Waals surface area contributed by atoms with Gasteiger partial charge in [0, 0.05) is 35.2 Å². The van der Waals surface area contributed by atoms with E-state index < -0.39 is 24.3 Å². The molecule has 4 rings (SSSR count). The van der Waals surface area contributed by atoms with Gasteiger partial charge in [0.15, 0.2) is 5.78 Å². The zero-order chi connectivity index (χ0) is 28.9. The van der Waals surface area contributed by atoms with Crippen LogP contribution in [0.3, 0.4) is 0 Å². The first-order valence-corrected chi connectivity index (χ1v) is 14.6. The van der Waals surface area contributed by atoms with E-state index in [1.54, 1.807) is 18.1 Å². The monoisotopic (exact) mass is 565 g/mol. The SMILES string of the molecule is C#CC(CC(=O)c1ccc(C2=C(C#CCCC)c3cc(Cl)ccc3C(C)C(C3CCCCC3)C2)nc1)C(F)(F)F. The van der Waals surface area contributed by atoms with Crippen LogP contribution in [0.4, 0.5) is 13.2 Å². The molecule has 0 N–H and O–H groups in total. The highest BCUT2D eigenvalue weighted by atomic mass is 35.5. The molecule has 1 aromatic carbocycles. The predicted octanol–water partition coefficient (Wildman–Crippen LogP) is 9.54. The largest absolute Gasteiger partial charge is 0.402 e. The summed E-state index contributed by atoms with van der Waals surface area (Å²) in [6.45, 7) is 4.38. The van der Waals surface area contributed by atoms with Crippen LogP contribution in [-0.2, 0) is 0 Å². The van der Waals surface area contributed by atoms with Crippen molar-refractivity contribution < 1.29 is 18.0 Å². The molecule has 6 heteroatoms. The number of alkyl halides is 3. The van der Waals surface area contributed by atoms with Crippen molar-refractivity contribution >= 4 is 28.5 Å². The van der Waals surface area contributed by atoms with Crippen LogP contribution in [0, 0.1) is 41.9 Å². The third kappa shape index (κ3) is 6.82. The van der Waals surface area contributed by atoms with Crippen LogP contribution in [0.5, 0.6) is 0 Å². The minimum Gasteiger partial charge on any atom is -0.294 e. The Morgan fingerprint density at radius 2 is 1.93 bits per heavy atom. The molecular weight excluding hydrogens is 531 g/mol. The molecule has 1 heterocycles. The maximum Gasteiger partial charge on any atom is 0.402 e. The first-order chi connectivity index (χ1) is 19.1. The standard InChI is InChI=1S/C34H35ClF3NO/c1-4-6-8-13-28-30-19-26(35)15-16-27(30)22(3)29(23-11-9-7-10-12-23)20-31(28)32-17-14-24(21-39-32)33(40)18-25(5-2)34(36,37)38/h2,14-17,19,21-23,25,29H,4,6-7,9-12,18,20H2,1,3H3. The Kier molecular flexibility index (Phi) is 9.81. The van der Waals surface area contributed by atoms with Crippen molar-refractivity contribution in [1.82, 2.24) is 4.98 Å². The Labute approximate surface area is 240 Å². The molecule has 3 atom stereocenters. The van der Waals surface area contributed by atoms with E-state index in [2.05, 4.69) is 36.7 Å². The molecule has 2 nitrogen and oxygen atoms in total. The number of halogens is 4. The normalized spacial score (nSPS) is 20.5. The molecule has 2 aliphatic carbocycles. The molecule has 0 aliphatic heterocycles. The van der Waals surface area contributed by atoms with Gasteiger partial charge in [-0.3, -0.25) is 9.78 Å². The summed E-state index contributed by atoms with van der Waals surface area (Å²) in [6, 6.07) is 9.35. The highest BCUT2D eigenvalue weighted by Gasteiger charge is 2.40. The average molecular weight is 566 g/mol. The zero-order valence-electron chi connectivity index (χ0n) is 23.1. The number of terminal acetylenes is 1. The van der Waals surface area contributed by atoms with E-state index >= 15 is 0 Å². The maximum absolute atomic E-state index is 13.1. The van der Waals surface area contributed by atoms with E-state index in [1.807, 2.05) is 12.1 Å². The predicted molar refractivity (Wildman–Crippen MR) is 156 cm³/mol. The van der Waals surface area contributed by atoms with Gasteiger partial charge in [-0.25, -0.2) is 0 Å². The molecule has 0 saturated heterocycles. The van der Waals surface area contributed by atoms with E-state index in [0.29, 0.717) is 28.5 Å². The lowest BCUT2D eigenvalue weighted by Crippen LogP contribution is -2.24. The van der Waals surface area contributed by atoms with Gasteiger partial charge in [0.05, 0.1) is 5.69 Å². The number of rotatable bonds is 6. The summed E-state index contributed by atoms with van der Waals surface area (Å²) in [5.41, 5.74) is 4.94. The van der Waals surface area contributed by atoms with Crippen molar-refractivity contribution in [3.05, 3.63) is 63.9 Å². The van der Waals surface area contributed by atoms with Crippen LogP contribution in [0.2, 0.25) is 5.02 Å². The summed E-state index contributed by atoms with van der Waals surface area (Å²) in [5, 5.41) is 0.637. The van der Waals surface area contributed by atoms with Crippen LogP contribution in [-0.4, -0.2) is 16.9 Å². The van der Waals surface area contributed by atoms with E-state index in [-0.39, 0.29) is 5.56 Å². The number of Topliss-reactive ketones (excluding diaryl/α,β-unsaturated/α-hetero) is 1. The van der Waals surface area contributed by atoms with Gasteiger partial charge in [0.25, 0.3) is 0 Å². The number of allylic oxidation sites excluding steroid dienone is 2. The van der Waals surface area contributed by atoms with Gasteiger partial charge in [0.2, 0.25) is 0 Å². The molecule has 0 spiro atoms. The van der Waals surface area contributed by atoms with Gasteiger partial charge in [0.1, 0.15) is 5.92 Å². The second-order valence-electron chi connectivity index (χ2n) is 11.0. The smallest absolute Gasteiger partial charge is 0.294 e. The molecule has 0 radical (unpaired) electrons. The quantitative estimate of drug-likeness (QED) is 0.258. The second kappa shape index (κ2) is 13.1. The number of unbranched alkanes of at least 4 members (excludes halogenated alkanes) is 1. The van der Waals surface area contributed by atoms with Crippen LogP contribution < -0.4 is 0 Å². The summed E-state index contributed by atoms with van der Waals surface area (Å²) in [7, 11) is 0. The van der Waals surface area contributed by atoms with Crippen molar-refractivity contribution in [2.24, 2.45) is 17.8 Å². The van der Waals surface area contributed by atoms with Gasteiger partial charge < -0.3 is 0 Å². The highest BCUT2D eigenvalue weighted by Crippen LogP contribution is 2.49. The molecule has 0 bridgehead atoms. The van der Waals surface area contributed by atoms with Crippen molar-refractivity contribution in [3.63, 3.8) is 0 Å². The Morgan fingerprint density at radius 3 is 2.55 bits per heavy atom. The van der Waals surface area contributed by atoms with Crippen LogP contribution in [0.25, 0.3) is 11.1 Å². The van der Waals surface area contributed by atoms with Crippen molar-refractivity contribution in [3.8, 4) is 24.2 Å². The number of benzene rings is 1. The molecule has 3 unspecified atom stereocenters. The molecule has 1 aromatic heterocycles. The zero-order valence-corrected chi connectivity index (χ0v) is 23.8. The first-order valence-electron chi connectivity index (χ1n) is 14.2. The summed E-state index contributed by atoms with van der Waals surface area (Å²) >= 11 is 6.51. The maximum atomic E-state index is 13.1. The molecule has 1 saturated carbocycles. The fraction of sp³-hybridized carbons (Fsp3) is 0.471. The van der Waals surface area contributed by atoms with Crippen molar-refractivity contribution in [2.45, 2.75) is 83.7 Å². The second-order valence-corrected chi connectivity index (χ2v) is 11.4. The summed E-state index contributed by atoms with van der Waals surface area (Å²) < 4.78 is 39.4. The molecular formula is C34H35ClF3NO. The minimum atomic E-state index is -4.63. The van der Waals surface area contributed by atoms with Crippen LogP contribution >= 0.6 is 11.6 Å². The van der Waals surface area contributed by atoms with Gasteiger partial charge in [-0.1, -0.05) is 81.4 Å². The molecule has 40 heavy (non-hydrogen) atoms. The third-order valence-electron chi connectivity index (χ3n) is 8.38. The summed E-state index contributed by atoms with van der Waals surface area (Å²) in [6.07, 6.45) is 9.58. The van der Waals surface area contributed by atoms with Crippen molar-refractivity contribution in [1.29, 1.82) is 0 Å². The topological polar surface area (TPSA) is 30.0 Å². The molecule has 2 aromatic rings. The third-order valence-corrected chi connectivity index (χ3v) is 8.62. The lowest BCUT2D eigenvalue weighted by molar-refractivity contribution is -0.157. The number of hydrogen-bond acceptors (Lipinski definition) is 2. The average Bonchev–Trinajstić information content (AvgIpc) is 3.06. The first kappa shape index (κ1) is 30.0. The van der Waals surface area contributed by atoms with Crippen LogP contribution in [0.1, 0.15) is 105 Å². The molecule has 1 fully saturated rings. The number of pyridine rings is 1. The number of carbonyl (C=O) groups is 1. The molecule has 2 aliphatic rings. The van der Waals surface area contributed by atoms with Gasteiger partial charge in [-0.2, -0.15) is 13.2 Å². The minimum absolute atomic E-state index is 0.113. The number of ketones is 1. The van der Waals surface area contributed by atoms with Gasteiger partial charge >= 0.3 is 6.18 Å². The number of nitrogens with zero attached hydrogens (tertiary/aromatic N) is 1. The summed E-state index contributed by atoms with van der Waals surface area (Å²) in [5.74, 6) is 6.91. The Morgan fingerprint density at radius 1 is 1.18 bits per heavy atom. The van der Waals surface area contributed by atoms with E-state index in [9.17, 15) is 18.0 Å². The lowest BCUT2D eigenvalue weighted by atomic mass is 9.70. The van der Waals surface area contributed by atoms with Crippen molar-refractivity contribution in [2.75, 3.05) is 0 Å². The number of carbonyl (C=O) groups excluding carboxylic acids is 1. The van der Waals surface area contributed by atoms with E-state index in [0.717, 1.165) is 36.0 Å². The number of aromatic nitrogens is 1. The van der Waals surface area contributed by atoms with E-state index in [1.165, 1.54) is 43.9 Å². The number of fused-ring (bicyclic) bond motifs is 1. The Hall–Kier alpha value is -3.02. The van der Waals surface area contributed by atoms with Gasteiger partial charge in [-0.05, 0) is 71.6 Å². The Balaban J connectivity index is 1.80. The van der Waals surface area contributed by atoms with Gasteiger partial charge in [-0.15, -0.1) is 6.42 Å². The fourth-order valence-electron chi connectivity index (χ4n) is 6.15. The van der Waals surface area contributed by atoms with Crippen LogP contribution in [0.15, 0.2) is 36.5 Å². The fourth-order valence-corrected chi connectivity index (χ4v) is 6.32.